The van der Waals surface area contributed by atoms with Gasteiger partial charge in [-0.3, -0.25) is 24.1 Å². The Hall–Kier alpha value is -4.50. The lowest BCUT2D eigenvalue weighted by Gasteiger charge is -2.18. The van der Waals surface area contributed by atoms with E-state index in [9.17, 15) is 19.2 Å². The molecule has 0 saturated carbocycles. The summed E-state index contributed by atoms with van der Waals surface area (Å²) in [7, 11) is 1.56. The van der Waals surface area contributed by atoms with Crippen molar-refractivity contribution in [2.24, 2.45) is 4.99 Å². The van der Waals surface area contributed by atoms with Crippen LogP contribution in [0.25, 0.3) is 6.08 Å². The van der Waals surface area contributed by atoms with Crippen LogP contribution in [0.3, 0.4) is 0 Å². The standard InChI is InChI=1S/C27H19N3O5S/c1-35-19-13-11-17(12-14-19)15-22-26(34)30(27(36-22)28-18-7-3-2-4-8-18)23(31)16-29-24(32)20-9-5-6-10-21(20)25(29)33/h2-15H,16H2,1H3/b22-15-,28-27?. The molecule has 3 aromatic carbocycles. The fourth-order valence-electron chi connectivity index (χ4n) is 3.82. The summed E-state index contributed by atoms with van der Waals surface area (Å²) in [5, 5.41) is 0.146. The highest BCUT2D eigenvalue weighted by molar-refractivity contribution is 8.18. The molecule has 5 rings (SSSR count). The van der Waals surface area contributed by atoms with Crippen LogP contribution in [0.1, 0.15) is 26.3 Å². The third kappa shape index (κ3) is 4.32. The number of hydrogen-bond donors (Lipinski definition) is 0. The number of amides is 4. The normalized spacial score (nSPS) is 17.3. The van der Waals surface area contributed by atoms with Crippen LogP contribution >= 0.6 is 11.8 Å². The zero-order valence-electron chi connectivity index (χ0n) is 19.1. The molecule has 1 fully saturated rings. The fraction of sp³-hybridized carbons (Fsp3) is 0.0741. The molecule has 4 amide bonds. The maximum atomic E-state index is 13.4. The molecule has 0 unspecified atom stereocenters. The van der Waals surface area contributed by atoms with Crippen LogP contribution in [-0.2, 0) is 9.59 Å². The highest BCUT2D eigenvalue weighted by Gasteiger charge is 2.42. The summed E-state index contributed by atoms with van der Waals surface area (Å²) in [6.45, 7) is -0.581. The molecule has 0 bridgehead atoms. The summed E-state index contributed by atoms with van der Waals surface area (Å²) < 4.78 is 5.17. The maximum absolute atomic E-state index is 13.4. The molecular weight excluding hydrogens is 478 g/mol. The van der Waals surface area contributed by atoms with E-state index in [0.29, 0.717) is 11.4 Å². The van der Waals surface area contributed by atoms with Crippen LogP contribution in [0.2, 0.25) is 0 Å². The summed E-state index contributed by atoms with van der Waals surface area (Å²) in [5.41, 5.74) is 1.75. The van der Waals surface area contributed by atoms with E-state index in [4.69, 9.17) is 4.74 Å². The smallest absolute Gasteiger partial charge is 0.273 e. The number of amidine groups is 1. The first kappa shape index (κ1) is 23.3. The van der Waals surface area contributed by atoms with Crippen molar-refractivity contribution in [3.05, 3.63) is 100 Å². The zero-order valence-corrected chi connectivity index (χ0v) is 19.9. The number of aliphatic imine (C=N–C) groups is 1. The molecule has 0 spiro atoms. The van der Waals surface area contributed by atoms with Crippen LogP contribution in [0, 0.1) is 0 Å². The second kappa shape index (κ2) is 9.63. The predicted molar refractivity (Wildman–Crippen MR) is 136 cm³/mol. The van der Waals surface area contributed by atoms with Gasteiger partial charge < -0.3 is 4.74 Å². The minimum absolute atomic E-state index is 0.146. The Morgan fingerprint density at radius 1 is 0.861 bits per heavy atom. The molecule has 36 heavy (non-hydrogen) atoms. The number of methoxy groups -OCH3 is 1. The summed E-state index contributed by atoms with van der Waals surface area (Å²) in [5.74, 6) is -1.77. The molecule has 3 aromatic rings. The van der Waals surface area contributed by atoms with Gasteiger partial charge in [0, 0.05) is 0 Å². The molecular formula is C27H19N3O5S. The Morgan fingerprint density at radius 3 is 2.08 bits per heavy atom. The molecule has 1 saturated heterocycles. The van der Waals surface area contributed by atoms with Gasteiger partial charge in [0.25, 0.3) is 23.6 Å². The molecule has 178 valence electrons. The average molecular weight is 498 g/mol. The Balaban J connectivity index is 1.46. The molecule has 2 aliphatic rings. The number of hydrogen-bond acceptors (Lipinski definition) is 7. The number of fused-ring (bicyclic) bond motifs is 1. The van der Waals surface area contributed by atoms with Crippen molar-refractivity contribution in [1.82, 2.24) is 9.80 Å². The van der Waals surface area contributed by atoms with Crippen molar-refractivity contribution in [2.45, 2.75) is 0 Å². The first-order chi connectivity index (χ1) is 17.5. The lowest BCUT2D eigenvalue weighted by molar-refractivity contribution is -0.136. The van der Waals surface area contributed by atoms with Gasteiger partial charge in [-0.2, -0.15) is 0 Å². The monoisotopic (exact) mass is 497 g/mol. The van der Waals surface area contributed by atoms with Crippen LogP contribution in [-0.4, -0.2) is 52.3 Å². The third-order valence-corrected chi connectivity index (χ3v) is 6.59. The number of para-hydroxylation sites is 1. The number of nitrogens with zero attached hydrogens (tertiary/aromatic N) is 3. The van der Waals surface area contributed by atoms with Gasteiger partial charge in [-0.05, 0) is 59.8 Å². The van der Waals surface area contributed by atoms with Crippen LogP contribution in [0.5, 0.6) is 5.75 Å². The molecule has 9 heteroatoms. The second-order valence-corrected chi connectivity index (χ2v) is 8.90. The predicted octanol–water partition coefficient (Wildman–Crippen LogP) is 4.12. The van der Waals surface area contributed by atoms with E-state index in [1.54, 1.807) is 73.8 Å². The highest BCUT2D eigenvalue weighted by atomic mass is 32.2. The molecule has 2 heterocycles. The van der Waals surface area contributed by atoms with Gasteiger partial charge in [0.15, 0.2) is 5.17 Å². The number of thioether (sulfide) groups is 1. The van der Waals surface area contributed by atoms with E-state index >= 15 is 0 Å². The van der Waals surface area contributed by atoms with Crippen LogP contribution < -0.4 is 4.74 Å². The SMILES string of the molecule is COc1ccc(/C=C2\SC(=Nc3ccccc3)N(C(=O)CN3C(=O)c4ccccc4C3=O)C2=O)cc1. The quantitative estimate of drug-likeness (QED) is 0.389. The lowest BCUT2D eigenvalue weighted by Crippen LogP contribution is -2.44. The number of imide groups is 2. The number of carbonyl (C=O) groups excluding carboxylic acids is 4. The zero-order chi connectivity index (χ0) is 25.2. The second-order valence-electron chi connectivity index (χ2n) is 7.89. The van der Waals surface area contributed by atoms with E-state index in [1.165, 1.54) is 12.1 Å². The lowest BCUT2D eigenvalue weighted by atomic mass is 10.1. The van der Waals surface area contributed by atoms with E-state index in [2.05, 4.69) is 4.99 Å². The van der Waals surface area contributed by atoms with Gasteiger partial charge in [0.2, 0.25) is 0 Å². The Bertz CT molecular complexity index is 1410. The highest BCUT2D eigenvalue weighted by Crippen LogP contribution is 2.35. The molecule has 0 radical (unpaired) electrons. The van der Waals surface area contributed by atoms with Gasteiger partial charge in [-0.1, -0.05) is 42.5 Å². The minimum Gasteiger partial charge on any atom is -0.497 e. The summed E-state index contributed by atoms with van der Waals surface area (Å²) in [6.07, 6.45) is 1.66. The van der Waals surface area contributed by atoms with Gasteiger partial charge in [-0.15, -0.1) is 0 Å². The Labute approximate surface area is 210 Å². The molecule has 0 aliphatic carbocycles. The van der Waals surface area contributed by atoms with Crippen LogP contribution in [0.15, 0.2) is 88.8 Å². The van der Waals surface area contributed by atoms with Crippen LogP contribution in [0.4, 0.5) is 5.69 Å². The average Bonchev–Trinajstić information content (AvgIpc) is 3.33. The first-order valence-electron chi connectivity index (χ1n) is 11.0. The largest absolute Gasteiger partial charge is 0.497 e. The van der Waals surface area contributed by atoms with Crippen molar-refractivity contribution in [3.8, 4) is 5.75 Å². The molecule has 2 aliphatic heterocycles. The fourth-order valence-corrected chi connectivity index (χ4v) is 4.82. The third-order valence-electron chi connectivity index (χ3n) is 5.62. The van der Waals surface area contributed by atoms with Crippen molar-refractivity contribution >= 4 is 52.3 Å². The van der Waals surface area contributed by atoms with Crippen molar-refractivity contribution < 1.29 is 23.9 Å². The first-order valence-corrected chi connectivity index (χ1v) is 11.8. The van der Waals surface area contributed by atoms with E-state index in [0.717, 1.165) is 27.1 Å². The van der Waals surface area contributed by atoms with Crippen molar-refractivity contribution in [1.29, 1.82) is 0 Å². The topological polar surface area (TPSA) is 96.3 Å². The van der Waals surface area contributed by atoms with Gasteiger partial charge >= 0.3 is 0 Å². The van der Waals surface area contributed by atoms with Gasteiger partial charge in [-0.25, -0.2) is 9.89 Å². The Morgan fingerprint density at radius 2 is 1.47 bits per heavy atom. The molecule has 0 aromatic heterocycles. The number of rotatable bonds is 5. The summed E-state index contributed by atoms with van der Waals surface area (Å²) in [6, 6.07) is 22.4. The minimum atomic E-state index is -0.727. The number of ether oxygens (including phenoxy) is 1. The van der Waals surface area contributed by atoms with Crippen molar-refractivity contribution in [3.63, 3.8) is 0 Å². The Kier molecular flexibility index (Phi) is 6.22. The summed E-state index contributed by atoms with van der Waals surface area (Å²) in [4.78, 5) is 58.8. The maximum Gasteiger partial charge on any atom is 0.273 e. The summed E-state index contributed by atoms with van der Waals surface area (Å²) >= 11 is 1.05. The van der Waals surface area contributed by atoms with Crippen molar-refractivity contribution in [2.75, 3.05) is 13.7 Å². The number of benzene rings is 3. The van der Waals surface area contributed by atoms with E-state index in [-0.39, 0.29) is 21.2 Å². The van der Waals surface area contributed by atoms with E-state index in [1.807, 2.05) is 6.07 Å². The number of carbonyl (C=O) groups is 4. The van der Waals surface area contributed by atoms with Gasteiger partial charge in [0.05, 0.1) is 28.8 Å². The molecule has 8 nitrogen and oxygen atoms in total. The van der Waals surface area contributed by atoms with E-state index < -0.39 is 30.2 Å². The molecule has 0 N–H and O–H groups in total. The molecule has 0 atom stereocenters. The van der Waals surface area contributed by atoms with Gasteiger partial charge in [0.1, 0.15) is 12.3 Å².